The maximum atomic E-state index is 8.76. The Morgan fingerprint density at radius 1 is 1.46 bits per heavy atom. The normalized spacial score (nSPS) is 18.1. The van der Waals surface area contributed by atoms with Gasteiger partial charge in [0.1, 0.15) is 5.75 Å². The Balaban J connectivity index is 2.58. The summed E-state index contributed by atoms with van der Waals surface area (Å²) in [4.78, 5) is 0. The van der Waals surface area contributed by atoms with E-state index in [9.17, 15) is 0 Å². The Hall–Kier alpha value is -1.51. The van der Waals surface area contributed by atoms with Crippen molar-refractivity contribution in [3.63, 3.8) is 0 Å². The molecule has 1 aromatic rings. The van der Waals surface area contributed by atoms with E-state index < -0.39 is 0 Å². The van der Waals surface area contributed by atoms with Gasteiger partial charge in [0.05, 0.1) is 12.3 Å². The lowest BCUT2D eigenvalue weighted by molar-refractivity contribution is 0.297. The van der Waals surface area contributed by atoms with Crippen LogP contribution in [-0.4, -0.2) is 17.5 Å². The molecule has 0 aliphatic carbocycles. The lowest BCUT2D eigenvalue weighted by Crippen LogP contribution is -2.16. The molecule has 0 saturated carbocycles. The number of para-hydroxylation sites is 1. The number of oxime groups is 1. The van der Waals surface area contributed by atoms with Crippen molar-refractivity contribution in [3.8, 4) is 5.75 Å². The molecule has 0 spiro atoms. The summed E-state index contributed by atoms with van der Waals surface area (Å²) in [5.74, 6) is 0.849. The molecule has 68 valence electrons. The van der Waals surface area contributed by atoms with Gasteiger partial charge >= 0.3 is 0 Å². The molecule has 1 N–H and O–H groups in total. The number of ether oxygens (including phenoxy) is 1. The van der Waals surface area contributed by atoms with Crippen LogP contribution in [0.1, 0.15) is 17.5 Å². The van der Waals surface area contributed by atoms with Crippen LogP contribution in [-0.2, 0) is 0 Å². The number of hydrogen-bond acceptors (Lipinski definition) is 3. The first-order chi connectivity index (χ1) is 6.33. The van der Waals surface area contributed by atoms with Gasteiger partial charge < -0.3 is 9.94 Å². The third kappa shape index (κ3) is 1.26. The molecule has 2 rings (SSSR count). The Morgan fingerprint density at radius 3 is 3.08 bits per heavy atom. The van der Waals surface area contributed by atoms with Crippen LogP contribution >= 0.6 is 0 Å². The van der Waals surface area contributed by atoms with Crippen LogP contribution in [0.25, 0.3) is 0 Å². The molecule has 0 saturated heterocycles. The van der Waals surface area contributed by atoms with Gasteiger partial charge in [-0.25, -0.2) is 0 Å². The fraction of sp³-hybridized carbons (Fsp3) is 0.300. The largest absolute Gasteiger partial charge is 0.492 e. The van der Waals surface area contributed by atoms with Crippen molar-refractivity contribution in [3.05, 3.63) is 29.3 Å². The second-order valence-electron chi connectivity index (χ2n) is 3.10. The number of aryl methyl sites for hydroxylation is 1. The second kappa shape index (κ2) is 3.09. The van der Waals surface area contributed by atoms with Crippen LogP contribution < -0.4 is 4.74 Å². The van der Waals surface area contributed by atoms with Gasteiger partial charge in [0.25, 0.3) is 0 Å². The molecular weight excluding hydrogens is 166 g/mol. The number of hydrogen-bond donors (Lipinski definition) is 1. The van der Waals surface area contributed by atoms with Gasteiger partial charge in [-0.3, -0.25) is 0 Å². The quantitative estimate of drug-likeness (QED) is 0.486. The maximum absolute atomic E-state index is 8.76. The third-order valence-electron chi connectivity index (χ3n) is 2.23. The molecule has 0 radical (unpaired) electrons. The standard InChI is InChI=1S/C10H11NO2/c1-7-3-2-4-8-9(11-12)5-6-13-10(7)8/h2-4,12H,5-6H2,1H3/b11-9+. The summed E-state index contributed by atoms with van der Waals surface area (Å²) in [7, 11) is 0. The zero-order chi connectivity index (χ0) is 9.26. The summed E-state index contributed by atoms with van der Waals surface area (Å²) in [6, 6.07) is 5.84. The van der Waals surface area contributed by atoms with E-state index in [0.29, 0.717) is 18.7 Å². The Labute approximate surface area is 76.6 Å². The van der Waals surface area contributed by atoms with Crippen LogP contribution in [0.5, 0.6) is 5.75 Å². The van der Waals surface area contributed by atoms with Crippen LogP contribution in [0.2, 0.25) is 0 Å². The van der Waals surface area contributed by atoms with E-state index in [0.717, 1.165) is 16.9 Å². The number of fused-ring (bicyclic) bond motifs is 1. The van der Waals surface area contributed by atoms with Crippen molar-refractivity contribution < 1.29 is 9.94 Å². The molecule has 3 nitrogen and oxygen atoms in total. The molecule has 0 aromatic heterocycles. The molecular formula is C10H11NO2. The molecule has 1 heterocycles. The van der Waals surface area contributed by atoms with E-state index in [1.165, 1.54) is 0 Å². The van der Waals surface area contributed by atoms with Gasteiger partial charge in [-0.15, -0.1) is 0 Å². The Bertz CT molecular complexity index is 358. The van der Waals surface area contributed by atoms with E-state index in [1.54, 1.807) is 0 Å². The van der Waals surface area contributed by atoms with Crippen molar-refractivity contribution in [1.29, 1.82) is 0 Å². The molecule has 0 atom stereocenters. The minimum atomic E-state index is 0.594. The highest BCUT2D eigenvalue weighted by Crippen LogP contribution is 2.28. The highest BCUT2D eigenvalue weighted by Gasteiger charge is 2.18. The predicted octanol–water partition coefficient (Wildman–Crippen LogP) is 1.96. The summed E-state index contributed by atoms with van der Waals surface area (Å²) in [6.45, 7) is 2.58. The smallest absolute Gasteiger partial charge is 0.131 e. The average molecular weight is 177 g/mol. The van der Waals surface area contributed by atoms with E-state index in [4.69, 9.17) is 9.94 Å². The Kier molecular flexibility index (Phi) is 1.93. The molecule has 13 heavy (non-hydrogen) atoms. The van der Waals surface area contributed by atoms with Gasteiger partial charge in [-0.1, -0.05) is 17.3 Å². The second-order valence-corrected chi connectivity index (χ2v) is 3.10. The summed E-state index contributed by atoms with van der Waals surface area (Å²) < 4.78 is 5.49. The fourth-order valence-electron chi connectivity index (χ4n) is 1.56. The highest BCUT2D eigenvalue weighted by molar-refractivity contribution is 6.03. The monoisotopic (exact) mass is 177 g/mol. The van der Waals surface area contributed by atoms with Gasteiger partial charge in [0.2, 0.25) is 0 Å². The Morgan fingerprint density at radius 2 is 2.31 bits per heavy atom. The third-order valence-corrected chi connectivity index (χ3v) is 2.23. The molecule has 0 fully saturated rings. The first-order valence-corrected chi connectivity index (χ1v) is 4.26. The van der Waals surface area contributed by atoms with Crippen molar-refractivity contribution in [2.45, 2.75) is 13.3 Å². The number of nitrogens with zero attached hydrogens (tertiary/aromatic N) is 1. The molecule has 1 aliphatic heterocycles. The maximum Gasteiger partial charge on any atom is 0.131 e. The first kappa shape index (κ1) is 8.10. The average Bonchev–Trinajstić information content (AvgIpc) is 2.18. The van der Waals surface area contributed by atoms with Crippen LogP contribution in [0, 0.1) is 6.92 Å². The van der Waals surface area contributed by atoms with E-state index >= 15 is 0 Å². The van der Waals surface area contributed by atoms with Crippen molar-refractivity contribution in [2.75, 3.05) is 6.61 Å². The summed E-state index contributed by atoms with van der Waals surface area (Å²) >= 11 is 0. The summed E-state index contributed by atoms with van der Waals surface area (Å²) in [6.07, 6.45) is 0.674. The summed E-state index contributed by atoms with van der Waals surface area (Å²) in [5, 5.41) is 12.0. The van der Waals surface area contributed by atoms with Crippen molar-refractivity contribution >= 4 is 5.71 Å². The molecule has 1 aromatic carbocycles. The lowest BCUT2D eigenvalue weighted by atomic mass is 10.0. The highest BCUT2D eigenvalue weighted by atomic mass is 16.5. The topological polar surface area (TPSA) is 41.8 Å². The fourth-order valence-corrected chi connectivity index (χ4v) is 1.56. The van der Waals surface area contributed by atoms with Gasteiger partial charge in [0, 0.05) is 12.0 Å². The van der Waals surface area contributed by atoms with E-state index in [2.05, 4.69) is 5.16 Å². The first-order valence-electron chi connectivity index (χ1n) is 4.26. The van der Waals surface area contributed by atoms with Gasteiger partial charge in [-0.05, 0) is 18.6 Å². The zero-order valence-electron chi connectivity index (χ0n) is 7.45. The minimum absolute atomic E-state index is 0.594. The molecule has 3 heteroatoms. The number of benzene rings is 1. The van der Waals surface area contributed by atoms with Crippen LogP contribution in [0.3, 0.4) is 0 Å². The predicted molar refractivity (Wildman–Crippen MR) is 49.6 cm³/mol. The molecule has 0 bridgehead atoms. The van der Waals surface area contributed by atoms with Gasteiger partial charge in [-0.2, -0.15) is 0 Å². The minimum Gasteiger partial charge on any atom is -0.492 e. The van der Waals surface area contributed by atoms with Crippen LogP contribution in [0.4, 0.5) is 0 Å². The van der Waals surface area contributed by atoms with E-state index in [-0.39, 0.29) is 0 Å². The molecule has 1 aliphatic rings. The SMILES string of the molecule is Cc1cccc2c1OCC/C2=N\O. The zero-order valence-corrected chi connectivity index (χ0v) is 7.45. The van der Waals surface area contributed by atoms with E-state index in [1.807, 2.05) is 25.1 Å². The number of rotatable bonds is 0. The van der Waals surface area contributed by atoms with Crippen LogP contribution in [0.15, 0.2) is 23.4 Å². The lowest BCUT2D eigenvalue weighted by Gasteiger charge is -2.19. The van der Waals surface area contributed by atoms with Crippen molar-refractivity contribution in [2.24, 2.45) is 5.16 Å². The summed E-state index contributed by atoms with van der Waals surface area (Å²) in [5.41, 5.74) is 2.71. The van der Waals surface area contributed by atoms with Gasteiger partial charge in [0.15, 0.2) is 0 Å². The molecule has 0 unspecified atom stereocenters. The van der Waals surface area contributed by atoms with Crippen molar-refractivity contribution in [1.82, 2.24) is 0 Å². The molecule has 0 amide bonds.